The number of nitrogens with one attached hydrogen (secondary N) is 1. The maximum atomic E-state index is 13.2. The van der Waals surface area contributed by atoms with Gasteiger partial charge >= 0.3 is 0 Å². The van der Waals surface area contributed by atoms with Crippen molar-refractivity contribution in [1.82, 2.24) is 15.3 Å². The van der Waals surface area contributed by atoms with Crippen molar-refractivity contribution in [2.75, 3.05) is 0 Å². The zero-order valence-corrected chi connectivity index (χ0v) is 12.0. The Labute approximate surface area is 121 Å². The smallest absolute Gasteiger partial charge is 0.194 e. The van der Waals surface area contributed by atoms with E-state index in [9.17, 15) is 13.2 Å². The highest BCUT2D eigenvalue weighted by molar-refractivity contribution is 5.55. The Bertz CT molecular complexity index is 628. The van der Waals surface area contributed by atoms with Crippen molar-refractivity contribution in [3.05, 3.63) is 47.5 Å². The first-order valence-electron chi connectivity index (χ1n) is 6.48. The highest BCUT2D eigenvalue weighted by atomic mass is 19.2. The summed E-state index contributed by atoms with van der Waals surface area (Å²) >= 11 is 0. The van der Waals surface area contributed by atoms with Gasteiger partial charge in [-0.1, -0.05) is 0 Å². The van der Waals surface area contributed by atoms with Crippen LogP contribution in [0.5, 0.6) is 0 Å². The molecule has 1 aromatic carbocycles. The zero-order valence-electron chi connectivity index (χ0n) is 12.0. The second kappa shape index (κ2) is 5.81. The molecule has 112 valence electrons. The van der Waals surface area contributed by atoms with Crippen molar-refractivity contribution < 1.29 is 13.2 Å². The summed E-state index contributed by atoms with van der Waals surface area (Å²) in [5.41, 5.74) is 0.697. The highest BCUT2D eigenvalue weighted by Gasteiger charge is 2.14. The summed E-state index contributed by atoms with van der Waals surface area (Å²) in [7, 11) is 0. The maximum Gasteiger partial charge on any atom is 0.194 e. The lowest BCUT2D eigenvalue weighted by Gasteiger charge is -2.20. The van der Waals surface area contributed by atoms with Gasteiger partial charge in [0.2, 0.25) is 0 Å². The molecule has 0 fully saturated rings. The monoisotopic (exact) mass is 295 g/mol. The first-order chi connectivity index (χ1) is 9.76. The third-order valence-electron chi connectivity index (χ3n) is 2.76. The standard InChI is InChI=1S/C15H16F3N3/c1-15(2,3)20-8-10-4-5-19-14(21-10)9-6-11(16)13(18)12(17)7-9/h4-7,20H,8H2,1-3H3. The Kier molecular flexibility index (Phi) is 4.27. The average Bonchev–Trinajstić information content (AvgIpc) is 2.41. The molecule has 0 aliphatic heterocycles. The number of rotatable bonds is 3. The van der Waals surface area contributed by atoms with Crippen LogP contribution in [0.25, 0.3) is 11.4 Å². The quantitative estimate of drug-likeness (QED) is 0.881. The first-order valence-corrected chi connectivity index (χ1v) is 6.48. The summed E-state index contributed by atoms with van der Waals surface area (Å²) in [6, 6.07) is 3.47. The Morgan fingerprint density at radius 2 is 1.71 bits per heavy atom. The molecule has 0 saturated heterocycles. The van der Waals surface area contributed by atoms with E-state index in [1.807, 2.05) is 20.8 Å². The molecule has 0 radical (unpaired) electrons. The molecular formula is C15H16F3N3. The van der Waals surface area contributed by atoms with Crippen LogP contribution >= 0.6 is 0 Å². The number of nitrogens with zero attached hydrogens (tertiary/aromatic N) is 2. The van der Waals surface area contributed by atoms with Crippen LogP contribution in [0.1, 0.15) is 26.5 Å². The fourth-order valence-electron chi connectivity index (χ4n) is 1.67. The number of hydrogen-bond acceptors (Lipinski definition) is 3. The van der Waals surface area contributed by atoms with Crippen LogP contribution in [-0.4, -0.2) is 15.5 Å². The number of hydrogen-bond donors (Lipinski definition) is 1. The average molecular weight is 295 g/mol. The van der Waals surface area contributed by atoms with Gasteiger partial charge in [0.05, 0.1) is 5.69 Å². The summed E-state index contributed by atoms with van der Waals surface area (Å²) < 4.78 is 39.5. The van der Waals surface area contributed by atoms with Gasteiger partial charge in [0, 0.05) is 23.8 Å². The Balaban J connectivity index is 2.29. The minimum atomic E-state index is -1.50. The van der Waals surface area contributed by atoms with Crippen molar-refractivity contribution >= 4 is 0 Å². The number of halogens is 3. The topological polar surface area (TPSA) is 37.8 Å². The molecule has 0 spiro atoms. The predicted octanol–water partition coefficient (Wildman–Crippen LogP) is 3.45. The molecule has 1 aromatic heterocycles. The molecule has 21 heavy (non-hydrogen) atoms. The Morgan fingerprint density at radius 3 is 2.29 bits per heavy atom. The van der Waals surface area contributed by atoms with Gasteiger partial charge < -0.3 is 5.32 Å². The summed E-state index contributed by atoms with van der Waals surface area (Å²) in [4.78, 5) is 8.20. The molecule has 1 heterocycles. The van der Waals surface area contributed by atoms with E-state index in [2.05, 4.69) is 15.3 Å². The molecule has 2 rings (SSSR count). The van der Waals surface area contributed by atoms with E-state index >= 15 is 0 Å². The van der Waals surface area contributed by atoms with Crippen molar-refractivity contribution in [3.8, 4) is 11.4 Å². The fraction of sp³-hybridized carbons (Fsp3) is 0.333. The molecule has 1 N–H and O–H groups in total. The van der Waals surface area contributed by atoms with Gasteiger partial charge in [-0.2, -0.15) is 0 Å². The van der Waals surface area contributed by atoms with E-state index in [1.54, 1.807) is 6.07 Å². The predicted molar refractivity (Wildman–Crippen MR) is 73.9 cm³/mol. The SMILES string of the molecule is CC(C)(C)NCc1ccnc(-c2cc(F)c(F)c(F)c2)n1. The third-order valence-corrected chi connectivity index (χ3v) is 2.76. The normalized spacial score (nSPS) is 11.7. The summed E-state index contributed by atoms with van der Waals surface area (Å²) in [6.45, 7) is 6.53. The Hall–Kier alpha value is -1.95. The minimum Gasteiger partial charge on any atom is -0.306 e. The number of aromatic nitrogens is 2. The van der Waals surface area contributed by atoms with E-state index in [-0.39, 0.29) is 16.9 Å². The van der Waals surface area contributed by atoms with E-state index in [1.165, 1.54) is 6.20 Å². The fourth-order valence-corrected chi connectivity index (χ4v) is 1.67. The van der Waals surface area contributed by atoms with Gasteiger partial charge in [-0.25, -0.2) is 23.1 Å². The maximum absolute atomic E-state index is 13.2. The first kappa shape index (κ1) is 15.4. The van der Waals surface area contributed by atoms with Gasteiger partial charge in [-0.15, -0.1) is 0 Å². The molecule has 0 aliphatic carbocycles. The van der Waals surface area contributed by atoms with Crippen molar-refractivity contribution in [1.29, 1.82) is 0 Å². The lowest BCUT2D eigenvalue weighted by molar-refractivity contribution is 0.421. The second-order valence-corrected chi connectivity index (χ2v) is 5.73. The molecule has 0 saturated carbocycles. The molecule has 6 heteroatoms. The summed E-state index contributed by atoms with van der Waals surface area (Å²) in [5.74, 6) is -3.86. The lowest BCUT2D eigenvalue weighted by Crippen LogP contribution is -2.35. The van der Waals surface area contributed by atoms with Gasteiger partial charge in [0.25, 0.3) is 0 Å². The van der Waals surface area contributed by atoms with Gasteiger partial charge in [-0.3, -0.25) is 0 Å². The lowest BCUT2D eigenvalue weighted by atomic mass is 10.1. The van der Waals surface area contributed by atoms with Gasteiger partial charge in [-0.05, 0) is 39.0 Å². The van der Waals surface area contributed by atoms with Crippen LogP contribution in [0, 0.1) is 17.5 Å². The van der Waals surface area contributed by atoms with Crippen LogP contribution in [0.4, 0.5) is 13.2 Å². The molecule has 0 bridgehead atoms. The van der Waals surface area contributed by atoms with Crippen LogP contribution < -0.4 is 5.32 Å². The van der Waals surface area contributed by atoms with E-state index < -0.39 is 17.5 Å². The molecule has 0 atom stereocenters. The highest BCUT2D eigenvalue weighted by Crippen LogP contribution is 2.21. The number of benzene rings is 1. The summed E-state index contributed by atoms with van der Waals surface area (Å²) in [6.07, 6.45) is 1.50. The third kappa shape index (κ3) is 4.01. The van der Waals surface area contributed by atoms with Crippen molar-refractivity contribution in [2.24, 2.45) is 0 Å². The van der Waals surface area contributed by atoms with Crippen LogP contribution in [0.3, 0.4) is 0 Å². The zero-order chi connectivity index (χ0) is 15.6. The van der Waals surface area contributed by atoms with Crippen LogP contribution in [0.15, 0.2) is 24.4 Å². The van der Waals surface area contributed by atoms with Crippen LogP contribution in [0.2, 0.25) is 0 Å². The molecule has 0 amide bonds. The van der Waals surface area contributed by atoms with Gasteiger partial charge in [0.15, 0.2) is 23.3 Å². The molecule has 3 nitrogen and oxygen atoms in total. The van der Waals surface area contributed by atoms with Crippen molar-refractivity contribution in [3.63, 3.8) is 0 Å². The molecular weight excluding hydrogens is 279 g/mol. The Morgan fingerprint density at radius 1 is 1.10 bits per heavy atom. The minimum absolute atomic E-state index is 0.0841. The van der Waals surface area contributed by atoms with E-state index in [0.29, 0.717) is 12.2 Å². The van der Waals surface area contributed by atoms with Gasteiger partial charge in [0.1, 0.15) is 0 Å². The summed E-state index contributed by atoms with van der Waals surface area (Å²) in [5, 5.41) is 3.25. The molecule has 0 aliphatic rings. The molecule has 2 aromatic rings. The molecule has 0 unspecified atom stereocenters. The second-order valence-electron chi connectivity index (χ2n) is 5.73. The largest absolute Gasteiger partial charge is 0.306 e. The van der Waals surface area contributed by atoms with E-state index in [0.717, 1.165) is 12.1 Å². The van der Waals surface area contributed by atoms with Crippen molar-refractivity contribution in [2.45, 2.75) is 32.9 Å². The van der Waals surface area contributed by atoms with Crippen LogP contribution in [-0.2, 0) is 6.54 Å². The van der Waals surface area contributed by atoms with E-state index in [4.69, 9.17) is 0 Å².